The molecular weight excluding hydrogens is 510 g/mol. The Labute approximate surface area is 228 Å². The van der Waals surface area contributed by atoms with Crippen molar-refractivity contribution in [2.75, 3.05) is 12.3 Å². The number of carboxylic acid groups (broad SMARTS) is 1. The van der Waals surface area contributed by atoms with Crippen LogP contribution in [0.1, 0.15) is 27.0 Å². The molecule has 2 amide bonds. The van der Waals surface area contributed by atoms with Gasteiger partial charge in [-0.1, -0.05) is 42.5 Å². The molecule has 0 unspecified atom stereocenters. The van der Waals surface area contributed by atoms with Gasteiger partial charge in [-0.25, -0.2) is 14.6 Å². The van der Waals surface area contributed by atoms with Crippen molar-refractivity contribution < 1.29 is 24.1 Å². The summed E-state index contributed by atoms with van der Waals surface area (Å²) in [6.45, 7) is 0.548. The number of nitrogens with zero attached hydrogens (tertiary/aromatic N) is 3. The monoisotopic (exact) mass is 536 g/mol. The van der Waals surface area contributed by atoms with Crippen LogP contribution in [-0.4, -0.2) is 56.0 Å². The van der Waals surface area contributed by atoms with Crippen LogP contribution in [0.4, 0.5) is 5.95 Å². The smallest absolute Gasteiger partial charge is 0.460 e. The number of carbonyl (C=O) groups is 3. The Bertz CT molecular complexity index is 1700. The molecule has 5 rings (SSSR count). The lowest BCUT2D eigenvalue weighted by molar-refractivity contribution is -0.347. The maximum atomic E-state index is 13.5. The number of aromatic carboxylic acids is 1. The van der Waals surface area contributed by atoms with Crippen molar-refractivity contribution in [2.24, 2.45) is 4.99 Å². The number of aromatic amines is 1. The number of fused-ring (bicyclic) bond motifs is 1. The fraction of sp³-hybridized carbons (Fsp3) is 0.103. The molecule has 6 N–H and O–H groups in total. The average Bonchev–Trinajstić information content (AvgIpc) is 3.33. The first kappa shape index (κ1) is 26.0. The largest absolute Gasteiger partial charge is 0.478 e. The number of carboxylic acids is 1. The van der Waals surface area contributed by atoms with Crippen LogP contribution in [0.5, 0.6) is 0 Å². The normalized spacial score (nSPS) is 15.2. The number of imidazole rings is 1. The van der Waals surface area contributed by atoms with E-state index in [0.717, 1.165) is 22.9 Å². The van der Waals surface area contributed by atoms with Crippen molar-refractivity contribution in [3.05, 3.63) is 101 Å². The average molecular weight is 537 g/mol. The SMILES string of the molecule is Nc1nc2ccc(CNC(=O)C=[N+]3C(=O)C(=NCCc4ccccc4)NC=C3c3cccc(C(=O)O)c3)cc2[nH]1. The minimum atomic E-state index is -1.11. The Morgan fingerprint density at radius 2 is 1.88 bits per heavy atom. The van der Waals surface area contributed by atoms with E-state index in [0.29, 0.717) is 35.7 Å². The third-order valence-corrected chi connectivity index (χ3v) is 6.22. The summed E-state index contributed by atoms with van der Waals surface area (Å²) in [6.07, 6.45) is 3.30. The van der Waals surface area contributed by atoms with Gasteiger partial charge in [-0.2, -0.15) is 0 Å². The van der Waals surface area contributed by atoms with Crippen molar-refractivity contribution in [3.63, 3.8) is 0 Å². The molecule has 0 saturated heterocycles. The fourth-order valence-corrected chi connectivity index (χ4v) is 4.25. The quantitative estimate of drug-likeness (QED) is 0.216. The predicted molar refractivity (Wildman–Crippen MR) is 151 cm³/mol. The molecule has 11 heteroatoms. The number of nitrogens with two attached hydrogens (primary N) is 1. The number of nitrogen functional groups attached to an aromatic ring is 1. The molecule has 0 saturated carbocycles. The van der Waals surface area contributed by atoms with E-state index in [1.165, 1.54) is 22.9 Å². The van der Waals surface area contributed by atoms with Crippen LogP contribution in [0, 0.1) is 0 Å². The molecule has 11 nitrogen and oxygen atoms in total. The first-order chi connectivity index (χ1) is 19.4. The number of aromatic nitrogens is 2. The molecule has 3 aromatic carbocycles. The van der Waals surface area contributed by atoms with Crippen LogP contribution in [0.3, 0.4) is 0 Å². The third kappa shape index (κ3) is 5.94. The summed E-state index contributed by atoms with van der Waals surface area (Å²) in [5.41, 5.74) is 9.84. The second kappa shape index (κ2) is 11.4. The Balaban J connectivity index is 1.39. The molecule has 1 aliphatic rings. The number of rotatable bonds is 8. The van der Waals surface area contributed by atoms with Crippen LogP contribution in [0.15, 0.2) is 84.0 Å². The zero-order valence-electron chi connectivity index (χ0n) is 21.3. The van der Waals surface area contributed by atoms with Crippen LogP contribution < -0.4 is 16.4 Å². The summed E-state index contributed by atoms with van der Waals surface area (Å²) in [5.74, 6) is -1.81. The molecular formula is C29H26N7O4+. The molecule has 0 spiro atoms. The van der Waals surface area contributed by atoms with Crippen molar-refractivity contribution in [1.29, 1.82) is 0 Å². The lowest BCUT2D eigenvalue weighted by atomic mass is 10.1. The zero-order chi connectivity index (χ0) is 28.1. The van der Waals surface area contributed by atoms with E-state index in [2.05, 4.69) is 25.6 Å². The van der Waals surface area contributed by atoms with Gasteiger partial charge in [0.05, 0.1) is 22.8 Å². The van der Waals surface area contributed by atoms with Gasteiger partial charge in [0.1, 0.15) is 0 Å². The predicted octanol–water partition coefficient (Wildman–Crippen LogP) is 2.31. The Kier molecular flexibility index (Phi) is 7.45. The van der Waals surface area contributed by atoms with Crippen molar-refractivity contribution in [1.82, 2.24) is 20.6 Å². The molecule has 40 heavy (non-hydrogen) atoms. The minimum Gasteiger partial charge on any atom is -0.478 e. The summed E-state index contributed by atoms with van der Waals surface area (Å²) >= 11 is 0. The first-order valence-corrected chi connectivity index (χ1v) is 12.5. The summed E-state index contributed by atoms with van der Waals surface area (Å²) in [6, 6.07) is 21.3. The van der Waals surface area contributed by atoms with Gasteiger partial charge < -0.3 is 26.5 Å². The van der Waals surface area contributed by atoms with Gasteiger partial charge in [0.15, 0.2) is 5.95 Å². The third-order valence-electron chi connectivity index (χ3n) is 6.22. The fourth-order valence-electron chi connectivity index (χ4n) is 4.25. The Morgan fingerprint density at radius 3 is 2.67 bits per heavy atom. The Hall–Kier alpha value is -5.58. The van der Waals surface area contributed by atoms with E-state index in [1.807, 2.05) is 42.5 Å². The maximum absolute atomic E-state index is 13.5. The molecule has 200 valence electrons. The molecule has 0 atom stereocenters. The standard InChI is InChI=1S/C29H25N7O4/c30-29-34-22-10-9-19(13-23(22)35-29)15-32-25(37)17-36-24(20-7-4-8-21(14-20)28(39)40)16-33-26(27(36)38)31-12-11-18-5-2-1-3-6-18/h1-10,13-14,16-17,30,32H,11-12,15H2,(H3,31,33,37,39,40)/p+1. The number of nitrogens with one attached hydrogen (secondary N) is 3. The minimum absolute atomic E-state index is 0.0485. The van der Waals surface area contributed by atoms with Gasteiger partial charge in [0, 0.05) is 18.7 Å². The number of amidine groups is 1. The number of carbonyl (C=O) groups excluding carboxylic acids is 2. The number of hydrogen-bond acceptors (Lipinski definition) is 6. The lowest BCUT2D eigenvalue weighted by Crippen LogP contribution is -2.43. The molecule has 1 aliphatic heterocycles. The van der Waals surface area contributed by atoms with E-state index in [1.54, 1.807) is 18.2 Å². The number of amides is 2. The summed E-state index contributed by atoms with van der Waals surface area (Å²) in [5, 5.41) is 15.1. The van der Waals surface area contributed by atoms with Crippen molar-refractivity contribution in [3.8, 4) is 0 Å². The zero-order valence-corrected chi connectivity index (χ0v) is 21.3. The van der Waals surface area contributed by atoms with E-state index in [9.17, 15) is 19.5 Å². The molecule has 0 radical (unpaired) electrons. The van der Waals surface area contributed by atoms with Crippen LogP contribution >= 0.6 is 0 Å². The number of aliphatic imine (C=N–C) groups is 1. The van der Waals surface area contributed by atoms with Gasteiger partial charge in [-0.3, -0.25) is 9.79 Å². The van der Waals surface area contributed by atoms with Crippen molar-refractivity contribution >= 4 is 52.5 Å². The van der Waals surface area contributed by atoms with Gasteiger partial charge in [-0.15, -0.1) is 4.58 Å². The molecule has 0 aliphatic carbocycles. The maximum Gasteiger partial charge on any atom is 0.460 e. The summed E-state index contributed by atoms with van der Waals surface area (Å²) in [7, 11) is 0. The second-order valence-electron chi connectivity index (χ2n) is 9.02. The molecule has 2 heterocycles. The topological polar surface area (TPSA) is 166 Å². The highest BCUT2D eigenvalue weighted by Gasteiger charge is 2.35. The number of benzene rings is 3. The van der Waals surface area contributed by atoms with Gasteiger partial charge in [-0.05, 0) is 47.9 Å². The van der Waals surface area contributed by atoms with E-state index in [4.69, 9.17) is 5.73 Å². The molecule has 4 aromatic rings. The number of anilines is 1. The number of H-pyrrole nitrogens is 1. The van der Waals surface area contributed by atoms with Crippen LogP contribution in [-0.2, 0) is 22.6 Å². The highest BCUT2D eigenvalue weighted by molar-refractivity contribution is 6.38. The van der Waals surface area contributed by atoms with Crippen molar-refractivity contribution in [2.45, 2.75) is 13.0 Å². The van der Waals surface area contributed by atoms with E-state index < -0.39 is 17.8 Å². The van der Waals surface area contributed by atoms with Gasteiger partial charge >= 0.3 is 17.8 Å². The highest BCUT2D eigenvalue weighted by atomic mass is 16.4. The molecule has 0 bridgehead atoms. The first-order valence-electron chi connectivity index (χ1n) is 12.5. The van der Waals surface area contributed by atoms with E-state index >= 15 is 0 Å². The van der Waals surface area contributed by atoms with Gasteiger partial charge in [0.25, 0.3) is 0 Å². The number of hydrogen-bond donors (Lipinski definition) is 5. The molecule has 0 fully saturated rings. The molecule has 1 aromatic heterocycles. The lowest BCUT2D eigenvalue weighted by Gasteiger charge is -2.13. The highest BCUT2D eigenvalue weighted by Crippen LogP contribution is 2.20. The van der Waals surface area contributed by atoms with Crippen LogP contribution in [0.2, 0.25) is 0 Å². The van der Waals surface area contributed by atoms with Gasteiger partial charge in [0.2, 0.25) is 17.7 Å². The van der Waals surface area contributed by atoms with Crippen LogP contribution in [0.25, 0.3) is 16.7 Å². The summed E-state index contributed by atoms with van der Waals surface area (Å²) < 4.78 is 1.17. The Morgan fingerprint density at radius 1 is 1.05 bits per heavy atom. The summed E-state index contributed by atoms with van der Waals surface area (Å²) in [4.78, 5) is 49.5. The second-order valence-corrected chi connectivity index (χ2v) is 9.02. The van der Waals surface area contributed by atoms with E-state index in [-0.39, 0.29) is 17.9 Å².